The van der Waals surface area contributed by atoms with E-state index in [0.717, 1.165) is 14.5 Å². The van der Waals surface area contributed by atoms with E-state index in [9.17, 15) is 4.79 Å². The molecular formula is C8H10BrNO2S. The molecule has 1 rings (SSSR count). The maximum Gasteiger partial charge on any atom is 0.306 e. The van der Waals surface area contributed by atoms with Crippen LogP contribution in [0.5, 0.6) is 0 Å². The second-order valence-corrected chi connectivity index (χ2v) is 4.94. The highest BCUT2D eigenvalue weighted by Crippen LogP contribution is 2.24. The Labute approximate surface area is 88.9 Å². The first-order valence-electron chi connectivity index (χ1n) is 3.85. The first kappa shape index (κ1) is 10.7. The summed E-state index contributed by atoms with van der Waals surface area (Å²) in [5.74, 6) is -1.14. The van der Waals surface area contributed by atoms with Crippen LogP contribution in [0, 0.1) is 12.8 Å². The summed E-state index contributed by atoms with van der Waals surface area (Å²) in [6.07, 6.45) is 0.506. The summed E-state index contributed by atoms with van der Waals surface area (Å²) in [5.41, 5.74) is 0. The number of aromatic nitrogens is 1. The van der Waals surface area contributed by atoms with Gasteiger partial charge in [0.25, 0.3) is 0 Å². The number of nitrogens with zero attached hydrogens (tertiary/aromatic N) is 1. The third kappa shape index (κ3) is 2.77. The maximum atomic E-state index is 10.6. The fourth-order valence-electron chi connectivity index (χ4n) is 0.866. The minimum atomic E-state index is -0.774. The fourth-order valence-corrected chi connectivity index (χ4v) is 2.39. The molecule has 13 heavy (non-hydrogen) atoms. The molecule has 0 bridgehead atoms. The van der Waals surface area contributed by atoms with E-state index in [4.69, 9.17) is 5.11 Å². The number of carboxylic acid groups (broad SMARTS) is 1. The molecule has 1 aromatic heterocycles. The van der Waals surface area contributed by atoms with Gasteiger partial charge in [0.2, 0.25) is 0 Å². The van der Waals surface area contributed by atoms with Crippen molar-refractivity contribution in [2.75, 3.05) is 0 Å². The van der Waals surface area contributed by atoms with E-state index in [1.54, 1.807) is 6.92 Å². The first-order chi connectivity index (χ1) is 6.00. The van der Waals surface area contributed by atoms with Gasteiger partial charge in [0.1, 0.15) is 4.60 Å². The molecule has 3 nitrogen and oxygen atoms in total. The standard InChI is InChI=1S/C8H10BrNO2S/c1-4(8(11)12)3-6-10-7(9)5(2)13-6/h4H,3H2,1-2H3,(H,11,12). The van der Waals surface area contributed by atoms with Gasteiger partial charge in [-0.25, -0.2) is 4.98 Å². The number of carboxylic acids is 1. The summed E-state index contributed by atoms with van der Waals surface area (Å²) in [7, 11) is 0. The molecule has 5 heteroatoms. The third-order valence-electron chi connectivity index (χ3n) is 1.69. The van der Waals surface area contributed by atoms with Gasteiger partial charge < -0.3 is 5.11 Å². The van der Waals surface area contributed by atoms with Gasteiger partial charge in [-0.1, -0.05) is 6.92 Å². The molecule has 0 aliphatic rings. The number of aliphatic carboxylic acids is 1. The molecular weight excluding hydrogens is 254 g/mol. The van der Waals surface area contributed by atoms with Crippen LogP contribution in [0.15, 0.2) is 4.60 Å². The van der Waals surface area contributed by atoms with Gasteiger partial charge in [0.05, 0.1) is 10.9 Å². The molecule has 1 aromatic rings. The number of hydrogen-bond donors (Lipinski definition) is 1. The topological polar surface area (TPSA) is 50.2 Å². The molecule has 1 N–H and O–H groups in total. The van der Waals surface area contributed by atoms with Gasteiger partial charge >= 0.3 is 5.97 Å². The SMILES string of the molecule is Cc1sc(CC(C)C(=O)O)nc1Br. The molecule has 1 heterocycles. The molecule has 0 fully saturated rings. The molecule has 0 saturated carbocycles. The highest BCUT2D eigenvalue weighted by atomic mass is 79.9. The second-order valence-electron chi connectivity index (χ2n) is 2.90. The largest absolute Gasteiger partial charge is 0.481 e. The van der Waals surface area contributed by atoms with E-state index in [1.807, 2.05) is 6.92 Å². The number of thiazole rings is 1. The molecule has 1 unspecified atom stereocenters. The third-order valence-corrected chi connectivity index (χ3v) is 3.71. The number of carbonyl (C=O) groups is 1. The summed E-state index contributed by atoms with van der Waals surface area (Å²) >= 11 is 4.83. The summed E-state index contributed by atoms with van der Waals surface area (Å²) in [4.78, 5) is 15.9. The Morgan fingerprint density at radius 2 is 2.38 bits per heavy atom. The van der Waals surface area contributed by atoms with Gasteiger partial charge in [-0.15, -0.1) is 11.3 Å². The van der Waals surface area contributed by atoms with Gasteiger partial charge in [0.15, 0.2) is 0 Å². The lowest BCUT2D eigenvalue weighted by Gasteiger charge is -2.00. The predicted molar refractivity (Wildman–Crippen MR) is 55.1 cm³/mol. The summed E-state index contributed by atoms with van der Waals surface area (Å²) in [6, 6.07) is 0. The molecule has 0 aromatic carbocycles. The summed E-state index contributed by atoms with van der Waals surface area (Å²) < 4.78 is 0.824. The number of hydrogen-bond acceptors (Lipinski definition) is 3. The van der Waals surface area contributed by atoms with E-state index < -0.39 is 5.97 Å². The van der Waals surface area contributed by atoms with Gasteiger partial charge in [-0.2, -0.15) is 0 Å². The lowest BCUT2D eigenvalue weighted by molar-refractivity contribution is -0.141. The predicted octanol–water partition coefficient (Wildman–Crippen LogP) is 2.48. The Morgan fingerprint density at radius 1 is 1.77 bits per heavy atom. The van der Waals surface area contributed by atoms with Crippen molar-refractivity contribution in [3.63, 3.8) is 0 Å². The highest BCUT2D eigenvalue weighted by molar-refractivity contribution is 9.10. The Balaban J connectivity index is 2.69. The van der Waals surface area contributed by atoms with E-state index in [2.05, 4.69) is 20.9 Å². The normalized spacial score (nSPS) is 12.8. The Morgan fingerprint density at radius 3 is 2.77 bits per heavy atom. The molecule has 72 valence electrons. The van der Waals surface area contributed by atoms with Crippen molar-refractivity contribution in [2.45, 2.75) is 20.3 Å². The van der Waals surface area contributed by atoms with Crippen LogP contribution in [0.3, 0.4) is 0 Å². The van der Waals surface area contributed by atoms with Crippen LogP contribution in [0.25, 0.3) is 0 Å². The zero-order valence-corrected chi connectivity index (χ0v) is 9.78. The molecule has 0 aliphatic heterocycles. The van der Waals surface area contributed by atoms with Gasteiger partial charge in [-0.3, -0.25) is 4.79 Å². The van der Waals surface area contributed by atoms with E-state index in [-0.39, 0.29) is 5.92 Å². The maximum absolute atomic E-state index is 10.6. The average molecular weight is 264 g/mol. The van der Waals surface area contributed by atoms with Crippen molar-refractivity contribution in [3.05, 3.63) is 14.5 Å². The minimum absolute atomic E-state index is 0.363. The molecule has 1 atom stereocenters. The fraction of sp³-hybridized carbons (Fsp3) is 0.500. The molecule has 0 radical (unpaired) electrons. The van der Waals surface area contributed by atoms with E-state index >= 15 is 0 Å². The second kappa shape index (κ2) is 4.19. The van der Waals surface area contributed by atoms with Crippen LogP contribution >= 0.6 is 27.3 Å². The molecule has 0 amide bonds. The molecule has 0 saturated heterocycles. The summed E-state index contributed by atoms with van der Waals surface area (Å²) in [5, 5.41) is 9.56. The van der Waals surface area contributed by atoms with Crippen LogP contribution in [0.4, 0.5) is 0 Å². The highest BCUT2D eigenvalue weighted by Gasteiger charge is 2.14. The number of halogens is 1. The Bertz CT molecular complexity index is 304. The van der Waals surface area contributed by atoms with Crippen molar-refractivity contribution in [1.29, 1.82) is 0 Å². The minimum Gasteiger partial charge on any atom is -0.481 e. The lowest BCUT2D eigenvalue weighted by atomic mass is 10.1. The van der Waals surface area contributed by atoms with Crippen molar-refractivity contribution in [2.24, 2.45) is 5.92 Å². The molecule has 0 spiro atoms. The Kier molecular flexibility index (Phi) is 3.44. The Hall–Kier alpha value is -0.420. The van der Waals surface area contributed by atoms with E-state index in [1.165, 1.54) is 11.3 Å². The smallest absolute Gasteiger partial charge is 0.306 e. The van der Waals surface area contributed by atoms with Gasteiger partial charge in [-0.05, 0) is 22.9 Å². The lowest BCUT2D eigenvalue weighted by Crippen LogP contribution is -2.11. The van der Waals surface area contributed by atoms with Gasteiger partial charge in [0, 0.05) is 11.3 Å². The zero-order valence-electron chi connectivity index (χ0n) is 7.37. The van der Waals surface area contributed by atoms with Crippen molar-refractivity contribution in [1.82, 2.24) is 4.98 Å². The van der Waals surface area contributed by atoms with Crippen LogP contribution < -0.4 is 0 Å². The zero-order chi connectivity index (χ0) is 10.0. The number of rotatable bonds is 3. The van der Waals surface area contributed by atoms with Crippen molar-refractivity contribution in [3.8, 4) is 0 Å². The van der Waals surface area contributed by atoms with Crippen LogP contribution in [0.2, 0.25) is 0 Å². The first-order valence-corrected chi connectivity index (χ1v) is 5.46. The van der Waals surface area contributed by atoms with E-state index in [0.29, 0.717) is 6.42 Å². The van der Waals surface area contributed by atoms with Crippen molar-refractivity contribution < 1.29 is 9.90 Å². The quantitative estimate of drug-likeness (QED) is 0.912. The van der Waals surface area contributed by atoms with Crippen molar-refractivity contribution >= 4 is 33.2 Å². The average Bonchev–Trinajstić information content (AvgIpc) is 2.31. The van der Waals surface area contributed by atoms with Crippen LogP contribution in [-0.2, 0) is 11.2 Å². The summed E-state index contributed by atoms with van der Waals surface area (Å²) in [6.45, 7) is 3.64. The van der Waals surface area contributed by atoms with Crippen LogP contribution in [0.1, 0.15) is 16.8 Å². The monoisotopic (exact) mass is 263 g/mol. The van der Waals surface area contributed by atoms with Crippen LogP contribution in [-0.4, -0.2) is 16.1 Å². The number of aryl methyl sites for hydroxylation is 1. The molecule has 0 aliphatic carbocycles.